The Morgan fingerprint density at radius 3 is 1.44 bits per heavy atom. The van der Waals surface area contributed by atoms with Crippen molar-refractivity contribution < 1.29 is 32.9 Å². The van der Waals surface area contributed by atoms with Crippen molar-refractivity contribution in [3.8, 4) is 0 Å². The van der Waals surface area contributed by atoms with Crippen LogP contribution in [0.15, 0.2) is 97.2 Å². The smallest absolute Gasteiger partial charge is 0.387 e. The molecule has 0 fully saturated rings. The van der Waals surface area contributed by atoms with E-state index in [4.69, 9.17) is 9.05 Å². The number of carbonyl (C=O) groups excluding carboxylic acids is 1. The van der Waals surface area contributed by atoms with Crippen molar-refractivity contribution in [3.05, 3.63) is 97.2 Å². The molecule has 0 rings (SSSR count). The Morgan fingerprint density at radius 2 is 0.984 bits per heavy atom. The zero-order valence-electron chi connectivity index (χ0n) is 39.6. The molecule has 3 N–H and O–H groups in total. The standard InChI is InChI=1S/C52H91N2O6P/c1-6-8-10-12-14-15-16-17-18-19-20-21-22-23-24-25-26-27-28-29-30-31-32-33-34-35-36-37-38-39-40-42-44-46-52(56)53-50(51(55)45-43-41-13-11-9-7-2)49-60-61(57,58)59-48-47-54(3,4)5/h8,10,14-15,17-18,20-21,23-24,26-27,29-30,43,45,50-51,55H,6-7,9,11-13,16,19,22,25,28,31-42,44,46-49H2,1-5H3,(H-,53,56,57,58)/p+1/b10-8-,15-14-,18-17-,21-20-,24-23-,27-26-,30-29-,45-43+. The van der Waals surface area contributed by atoms with Gasteiger partial charge in [-0.3, -0.25) is 13.8 Å². The molecular weight excluding hydrogens is 780 g/mol. The monoisotopic (exact) mass is 872 g/mol. The molecule has 0 aliphatic carbocycles. The topological polar surface area (TPSA) is 105 Å². The molecular formula is C52H92N2O6P+. The van der Waals surface area contributed by atoms with E-state index in [-0.39, 0.29) is 19.1 Å². The van der Waals surface area contributed by atoms with Gasteiger partial charge in [0.15, 0.2) is 0 Å². The normalized spacial score (nSPS) is 15.1. The van der Waals surface area contributed by atoms with Crippen molar-refractivity contribution in [1.82, 2.24) is 5.32 Å². The number of likely N-dealkylation sites (N-methyl/N-ethyl adjacent to an activating group) is 1. The lowest BCUT2D eigenvalue weighted by Crippen LogP contribution is -2.45. The van der Waals surface area contributed by atoms with Gasteiger partial charge in [-0.2, -0.15) is 0 Å². The van der Waals surface area contributed by atoms with Crippen LogP contribution in [0.4, 0.5) is 0 Å². The molecule has 0 spiro atoms. The molecule has 0 radical (unpaired) electrons. The predicted octanol–water partition coefficient (Wildman–Crippen LogP) is 13.9. The van der Waals surface area contributed by atoms with Gasteiger partial charge in [-0.05, 0) is 77.0 Å². The Kier molecular flexibility index (Phi) is 40.9. The third kappa shape index (κ3) is 45.3. The van der Waals surface area contributed by atoms with Gasteiger partial charge in [-0.25, -0.2) is 4.57 Å². The predicted molar refractivity (Wildman–Crippen MR) is 262 cm³/mol. The zero-order chi connectivity index (χ0) is 45.0. The second kappa shape index (κ2) is 42.7. The van der Waals surface area contributed by atoms with Gasteiger partial charge in [0.05, 0.1) is 39.9 Å². The summed E-state index contributed by atoms with van der Waals surface area (Å²) in [6.45, 7) is 4.59. The highest BCUT2D eigenvalue weighted by molar-refractivity contribution is 7.47. The fourth-order valence-electron chi connectivity index (χ4n) is 6.25. The molecule has 0 saturated heterocycles. The second-order valence-corrected chi connectivity index (χ2v) is 18.6. The van der Waals surface area contributed by atoms with E-state index in [0.29, 0.717) is 17.4 Å². The van der Waals surface area contributed by atoms with Crippen molar-refractivity contribution in [1.29, 1.82) is 0 Å². The Labute approximate surface area is 375 Å². The van der Waals surface area contributed by atoms with Crippen molar-refractivity contribution in [2.75, 3.05) is 40.9 Å². The van der Waals surface area contributed by atoms with Crippen LogP contribution < -0.4 is 5.32 Å². The minimum absolute atomic E-state index is 0.0558. The number of aliphatic hydroxyl groups excluding tert-OH is 1. The summed E-state index contributed by atoms with van der Waals surface area (Å²) in [4.78, 5) is 23.0. The fraction of sp³-hybridized carbons (Fsp3) is 0.673. The summed E-state index contributed by atoms with van der Waals surface area (Å²) in [7, 11) is 1.55. The maximum absolute atomic E-state index is 12.8. The summed E-state index contributed by atoms with van der Waals surface area (Å²) >= 11 is 0. The minimum Gasteiger partial charge on any atom is -0.387 e. The number of hydrogen-bond donors (Lipinski definition) is 3. The number of rotatable bonds is 42. The van der Waals surface area contributed by atoms with E-state index in [1.807, 2.05) is 27.2 Å². The maximum atomic E-state index is 12.8. The van der Waals surface area contributed by atoms with E-state index in [1.54, 1.807) is 6.08 Å². The molecule has 0 aromatic carbocycles. The molecule has 1 amide bonds. The van der Waals surface area contributed by atoms with Gasteiger partial charge in [0.1, 0.15) is 13.2 Å². The summed E-state index contributed by atoms with van der Waals surface area (Å²) < 4.78 is 23.4. The number of quaternary nitrogens is 1. The minimum atomic E-state index is -4.33. The van der Waals surface area contributed by atoms with E-state index >= 15 is 0 Å². The molecule has 0 aromatic rings. The molecule has 0 aliphatic rings. The number of aliphatic hydroxyl groups is 1. The first-order valence-corrected chi connectivity index (χ1v) is 25.6. The van der Waals surface area contributed by atoms with Crippen LogP contribution in [0.3, 0.4) is 0 Å². The second-order valence-electron chi connectivity index (χ2n) is 17.1. The van der Waals surface area contributed by atoms with Gasteiger partial charge in [-0.15, -0.1) is 0 Å². The highest BCUT2D eigenvalue weighted by Gasteiger charge is 2.27. The highest BCUT2D eigenvalue weighted by atomic mass is 31.2. The lowest BCUT2D eigenvalue weighted by molar-refractivity contribution is -0.870. The molecule has 3 atom stereocenters. The lowest BCUT2D eigenvalue weighted by Gasteiger charge is -2.25. The van der Waals surface area contributed by atoms with Gasteiger partial charge in [0.25, 0.3) is 0 Å². The molecule has 8 nitrogen and oxygen atoms in total. The average Bonchev–Trinajstić information content (AvgIpc) is 3.21. The zero-order valence-corrected chi connectivity index (χ0v) is 40.5. The van der Waals surface area contributed by atoms with Crippen molar-refractivity contribution in [2.24, 2.45) is 0 Å². The third-order valence-electron chi connectivity index (χ3n) is 10.1. The van der Waals surface area contributed by atoms with Crippen LogP contribution in [0.25, 0.3) is 0 Å². The molecule has 3 unspecified atom stereocenters. The van der Waals surface area contributed by atoms with Crippen LogP contribution in [-0.2, 0) is 18.4 Å². The summed E-state index contributed by atoms with van der Waals surface area (Å²) in [6, 6.07) is -0.850. The van der Waals surface area contributed by atoms with Crippen molar-refractivity contribution in [2.45, 2.75) is 187 Å². The first-order chi connectivity index (χ1) is 29.5. The first-order valence-electron chi connectivity index (χ1n) is 24.1. The van der Waals surface area contributed by atoms with E-state index in [9.17, 15) is 19.4 Å². The quantitative estimate of drug-likeness (QED) is 0.0244. The average molecular weight is 872 g/mol. The van der Waals surface area contributed by atoms with Crippen molar-refractivity contribution in [3.63, 3.8) is 0 Å². The number of unbranched alkanes of at least 4 members (excludes halogenated alkanes) is 15. The molecule has 61 heavy (non-hydrogen) atoms. The molecule has 9 heteroatoms. The Bertz CT molecular complexity index is 1310. The van der Waals surface area contributed by atoms with Crippen LogP contribution in [0.2, 0.25) is 0 Å². The summed E-state index contributed by atoms with van der Waals surface area (Å²) in [5.41, 5.74) is 0. The number of phosphoric ester groups is 1. The summed E-state index contributed by atoms with van der Waals surface area (Å²) in [6.07, 6.45) is 61.0. The van der Waals surface area contributed by atoms with Gasteiger partial charge >= 0.3 is 7.82 Å². The first kappa shape index (κ1) is 58.4. The number of nitrogens with one attached hydrogen (secondary N) is 1. The number of nitrogens with zero attached hydrogens (tertiary/aromatic N) is 1. The number of amides is 1. The van der Waals surface area contributed by atoms with Crippen LogP contribution in [0.1, 0.15) is 174 Å². The van der Waals surface area contributed by atoms with E-state index in [2.05, 4.69) is 104 Å². The summed E-state index contributed by atoms with van der Waals surface area (Å²) in [5, 5.41) is 13.7. The molecule has 0 heterocycles. The third-order valence-corrected chi connectivity index (χ3v) is 11.0. The van der Waals surface area contributed by atoms with Crippen LogP contribution in [0, 0.1) is 0 Å². The van der Waals surface area contributed by atoms with Crippen LogP contribution in [0.5, 0.6) is 0 Å². The Hall–Kier alpha value is -2.58. The molecule has 350 valence electrons. The maximum Gasteiger partial charge on any atom is 0.472 e. The lowest BCUT2D eigenvalue weighted by atomic mass is 10.0. The number of phosphoric acid groups is 1. The molecule has 0 aliphatic heterocycles. The van der Waals surface area contributed by atoms with Gasteiger partial charge in [0.2, 0.25) is 5.91 Å². The van der Waals surface area contributed by atoms with E-state index in [0.717, 1.165) is 89.9 Å². The van der Waals surface area contributed by atoms with E-state index < -0.39 is 20.0 Å². The number of hydrogen-bond acceptors (Lipinski definition) is 5. The van der Waals surface area contributed by atoms with Crippen LogP contribution in [-0.4, -0.2) is 73.4 Å². The summed E-state index contributed by atoms with van der Waals surface area (Å²) in [5.74, 6) is -0.192. The van der Waals surface area contributed by atoms with Gasteiger partial charge in [0, 0.05) is 6.42 Å². The van der Waals surface area contributed by atoms with E-state index in [1.165, 1.54) is 64.2 Å². The fourth-order valence-corrected chi connectivity index (χ4v) is 6.99. The number of carbonyl (C=O) groups is 1. The highest BCUT2D eigenvalue weighted by Crippen LogP contribution is 2.43. The molecule has 0 aromatic heterocycles. The number of allylic oxidation sites excluding steroid dienone is 15. The van der Waals surface area contributed by atoms with Crippen molar-refractivity contribution >= 4 is 13.7 Å². The molecule has 0 bridgehead atoms. The SMILES string of the molecule is CC/C=C\C/C=C\C/C=C\C/C=C\C/C=C\C/C=C\C/C=C\CCCCCCCCCCCCCC(=O)NC(COP(=O)(O)OCC[N+](C)(C)C)C(O)/C=C/CCCCCC. The molecule has 0 saturated carbocycles. The van der Waals surface area contributed by atoms with Gasteiger partial charge < -0.3 is 19.8 Å². The Morgan fingerprint density at radius 1 is 0.574 bits per heavy atom. The van der Waals surface area contributed by atoms with Crippen LogP contribution >= 0.6 is 7.82 Å². The largest absolute Gasteiger partial charge is 0.472 e. The Balaban J connectivity index is 4.00. The van der Waals surface area contributed by atoms with Gasteiger partial charge in [-0.1, -0.05) is 188 Å².